The van der Waals surface area contributed by atoms with Gasteiger partial charge in [-0.1, -0.05) is 38.4 Å². The Morgan fingerprint density at radius 3 is 2.33 bits per heavy atom. The monoisotopic (exact) mass is 190 g/mol. The molecule has 0 amide bonds. The molecule has 0 aromatic rings. The van der Waals surface area contributed by atoms with E-state index in [1.54, 1.807) is 6.08 Å². The zero-order valence-electron chi connectivity index (χ0n) is 7.67. The third kappa shape index (κ3) is 3.77. The van der Waals surface area contributed by atoms with Crippen molar-refractivity contribution in [1.82, 2.24) is 0 Å². The fourth-order valence-electron chi connectivity index (χ4n) is 1.01. The Labute approximate surface area is 78.2 Å². The Morgan fingerprint density at radius 2 is 2.08 bits per heavy atom. The first-order valence-electron chi connectivity index (χ1n) is 3.87. The average molecular weight is 191 g/mol. The van der Waals surface area contributed by atoms with Crippen molar-refractivity contribution in [2.24, 2.45) is 11.3 Å². The van der Waals surface area contributed by atoms with Crippen molar-refractivity contribution in [3.8, 4) is 0 Å². The zero-order chi connectivity index (χ0) is 9.78. The number of carboxylic acids is 1. The maximum atomic E-state index is 10.8. The van der Waals surface area contributed by atoms with Gasteiger partial charge in [-0.15, -0.1) is 0 Å². The highest BCUT2D eigenvalue weighted by atomic mass is 35.5. The number of rotatable bonds is 3. The summed E-state index contributed by atoms with van der Waals surface area (Å²) in [6.45, 7) is 5.73. The molecule has 1 N–H and O–H groups in total. The molecule has 1 atom stereocenters. The summed E-state index contributed by atoms with van der Waals surface area (Å²) >= 11 is 5.33. The van der Waals surface area contributed by atoms with Crippen LogP contribution in [0.1, 0.15) is 27.2 Å². The minimum atomic E-state index is -0.766. The summed E-state index contributed by atoms with van der Waals surface area (Å²) in [6, 6.07) is 0. The van der Waals surface area contributed by atoms with Crippen LogP contribution in [0.25, 0.3) is 0 Å². The van der Waals surface area contributed by atoms with Gasteiger partial charge in [0.25, 0.3) is 0 Å². The van der Waals surface area contributed by atoms with Crippen LogP contribution in [0.2, 0.25) is 0 Å². The first-order chi connectivity index (χ1) is 5.39. The molecule has 0 saturated carbocycles. The second-order valence-electron chi connectivity index (χ2n) is 3.85. The van der Waals surface area contributed by atoms with Crippen LogP contribution in [-0.4, -0.2) is 11.1 Å². The number of allylic oxidation sites excluding steroid dienone is 1. The predicted octanol–water partition coefficient (Wildman–Crippen LogP) is 2.88. The van der Waals surface area contributed by atoms with E-state index in [1.165, 1.54) is 5.54 Å². The predicted molar refractivity (Wildman–Crippen MR) is 50.2 cm³/mol. The van der Waals surface area contributed by atoms with Crippen molar-refractivity contribution >= 4 is 17.6 Å². The van der Waals surface area contributed by atoms with Crippen LogP contribution in [0, 0.1) is 11.3 Å². The molecule has 0 aromatic carbocycles. The Kier molecular flexibility index (Phi) is 4.32. The summed E-state index contributed by atoms with van der Waals surface area (Å²) in [4.78, 5) is 10.8. The van der Waals surface area contributed by atoms with E-state index in [-0.39, 0.29) is 11.3 Å². The van der Waals surface area contributed by atoms with Gasteiger partial charge in [-0.25, -0.2) is 0 Å². The number of aliphatic carboxylic acids is 1. The lowest BCUT2D eigenvalue weighted by Crippen LogP contribution is -2.27. The van der Waals surface area contributed by atoms with Gasteiger partial charge in [0.2, 0.25) is 0 Å². The SMILES string of the molecule is CC(C)(C)C(C/C=C/Cl)C(=O)O. The molecule has 0 rings (SSSR count). The number of hydrogen-bond acceptors (Lipinski definition) is 1. The van der Waals surface area contributed by atoms with Crippen molar-refractivity contribution in [3.63, 3.8) is 0 Å². The van der Waals surface area contributed by atoms with Crippen LogP contribution in [0.15, 0.2) is 11.6 Å². The fourth-order valence-corrected chi connectivity index (χ4v) is 1.12. The smallest absolute Gasteiger partial charge is 0.307 e. The minimum Gasteiger partial charge on any atom is -0.481 e. The lowest BCUT2D eigenvalue weighted by atomic mass is 9.79. The van der Waals surface area contributed by atoms with Crippen LogP contribution < -0.4 is 0 Å². The van der Waals surface area contributed by atoms with E-state index in [9.17, 15) is 4.79 Å². The van der Waals surface area contributed by atoms with E-state index in [1.807, 2.05) is 20.8 Å². The number of carbonyl (C=O) groups is 1. The van der Waals surface area contributed by atoms with Gasteiger partial charge in [-0.3, -0.25) is 4.79 Å². The largest absolute Gasteiger partial charge is 0.481 e. The second-order valence-corrected chi connectivity index (χ2v) is 4.11. The van der Waals surface area contributed by atoms with Crippen LogP contribution in [0.3, 0.4) is 0 Å². The Hall–Kier alpha value is -0.500. The summed E-state index contributed by atoms with van der Waals surface area (Å²) in [6.07, 6.45) is 2.16. The van der Waals surface area contributed by atoms with E-state index in [4.69, 9.17) is 16.7 Å². The quantitative estimate of drug-likeness (QED) is 0.743. The second kappa shape index (κ2) is 4.51. The summed E-state index contributed by atoms with van der Waals surface area (Å²) in [5.74, 6) is -1.13. The molecule has 12 heavy (non-hydrogen) atoms. The molecular weight excluding hydrogens is 176 g/mol. The number of hydrogen-bond donors (Lipinski definition) is 1. The van der Waals surface area contributed by atoms with Gasteiger partial charge in [0.1, 0.15) is 0 Å². The maximum Gasteiger partial charge on any atom is 0.307 e. The van der Waals surface area contributed by atoms with Crippen molar-refractivity contribution in [1.29, 1.82) is 0 Å². The van der Waals surface area contributed by atoms with Gasteiger partial charge in [-0.2, -0.15) is 0 Å². The molecule has 0 fully saturated rings. The highest BCUT2D eigenvalue weighted by molar-refractivity contribution is 6.25. The molecule has 0 spiro atoms. The minimum absolute atomic E-state index is 0.220. The van der Waals surface area contributed by atoms with Gasteiger partial charge >= 0.3 is 5.97 Å². The molecule has 0 aliphatic rings. The molecule has 2 nitrogen and oxygen atoms in total. The lowest BCUT2D eigenvalue weighted by molar-refractivity contribution is -0.145. The van der Waals surface area contributed by atoms with Crippen molar-refractivity contribution < 1.29 is 9.90 Å². The Morgan fingerprint density at radius 1 is 1.58 bits per heavy atom. The maximum absolute atomic E-state index is 10.8. The van der Waals surface area contributed by atoms with Crippen LogP contribution in [-0.2, 0) is 4.79 Å². The van der Waals surface area contributed by atoms with Crippen LogP contribution >= 0.6 is 11.6 Å². The van der Waals surface area contributed by atoms with Gasteiger partial charge in [-0.05, 0) is 11.8 Å². The molecule has 0 aromatic heterocycles. The molecule has 3 heteroatoms. The lowest BCUT2D eigenvalue weighted by Gasteiger charge is -2.25. The van der Waals surface area contributed by atoms with E-state index in [2.05, 4.69) is 0 Å². The topological polar surface area (TPSA) is 37.3 Å². The third-order valence-corrected chi connectivity index (χ3v) is 1.98. The van der Waals surface area contributed by atoms with E-state index >= 15 is 0 Å². The molecule has 0 bridgehead atoms. The van der Waals surface area contributed by atoms with Crippen molar-refractivity contribution in [2.45, 2.75) is 27.2 Å². The highest BCUT2D eigenvalue weighted by Gasteiger charge is 2.29. The molecule has 70 valence electrons. The standard InChI is InChI=1S/C9H15ClO2/c1-9(2,3)7(8(11)12)5-4-6-10/h4,6-7H,5H2,1-3H3,(H,11,12)/b6-4+. The van der Waals surface area contributed by atoms with Crippen molar-refractivity contribution in [2.75, 3.05) is 0 Å². The molecule has 0 saturated heterocycles. The average Bonchev–Trinajstić information content (AvgIpc) is 1.84. The summed E-state index contributed by atoms with van der Waals surface area (Å²) in [5.41, 5.74) is 1.14. The van der Waals surface area contributed by atoms with E-state index < -0.39 is 5.97 Å². The van der Waals surface area contributed by atoms with Crippen LogP contribution in [0.5, 0.6) is 0 Å². The number of halogens is 1. The molecule has 0 aliphatic carbocycles. The Bertz CT molecular complexity index is 179. The first-order valence-corrected chi connectivity index (χ1v) is 4.31. The van der Waals surface area contributed by atoms with Crippen LogP contribution in [0.4, 0.5) is 0 Å². The Balaban J connectivity index is 4.35. The van der Waals surface area contributed by atoms with Crippen molar-refractivity contribution in [3.05, 3.63) is 11.6 Å². The normalized spacial score (nSPS) is 15.0. The van der Waals surface area contributed by atoms with E-state index in [0.29, 0.717) is 6.42 Å². The highest BCUT2D eigenvalue weighted by Crippen LogP contribution is 2.29. The fraction of sp³-hybridized carbons (Fsp3) is 0.667. The number of carboxylic acid groups (broad SMARTS) is 1. The van der Waals surface area contributed by atoms with Gasteiger partial charge in [0.05, 0.1) is 5.92 Å². The molecule has 1 unspecified atom stereocenters. The molecule has 0 heterocycles. The summed E-state index contributed by atoms with van der Waals surface area (Å²) in [5, 5.41) is 8.86. The molecule has 0 radical (unpaired) electrons. The van der Waals surface area contributed by atoms with Gasteiger partial charge in [0.15, 0.2) is 0 Å². The summed E-state index contributed by atoms with van der Waals surface area (Å²) in [7, 11) is 0. The third-order valence-electron chi connectivity index (χ3n) is 1.80. The first kappa shape index (κ1) is 11.5. The van der Waals surface area contributed by atoms with E-state index in [0.717, 1.165) is 0 Å². The summed E-state index contributed by atoms with van der Waals surface area (Å²) < 4.78 is 0. The molecule has 0 aliphatic heterocycles. The van der Waals surface area contributed by atoms with Gasteiger partial charge < -0.3 is 5.11 Å². The van der Waals surface area contributed by atoms with Gasteiger partial charge in [0, 0.05) is 5.54 Å². The zero-order valence-corrected chi connectivity index (χ0v) is 8.43. The molecular formula is C9H15ClO2.